The minimum absolute atomic E-state index is 0.0198. The molecule has 0 heterocycles. The lowest BCUT2D eigenvalue weighted by atomic mass is 9.79. The van der Waals surface area contributed by atoms with E-state index in [1.807, 2.05) is 0 Å². The molecule has 2 atom stereocenters. The average Bonchev–Trinajstić information content (AvgIpc) is 2.61. The number of unbranched alkanes of at least 4 members (excludes halogenated alkanes) is 7. The Bertz CT molecular complexity index is 583. The molecule has 6 nitrogen and oxygen atoms in total. The van der Waals surface area contributed by atoms with Crippen molar-refractivity contribution >= 4 is 11.9 Å². The highest BCUT2D eigenvalue weighted by molar-refractivity contribution is 5.86. The molecule has 2 unspecified atom stereocenters. The van der Waals surface area contributed by atoms with Crippen molar-refractivity contribution in [1.29, 1.82) is 0 Å². The minimum atomic E-state index is -2.38. The monoisotopic (exact) mass is 380 g/mol. The van der Waals surface area contributed by atoms with Crippen LogP contribution in [0.15, 0.2) is 24.3 Å². The van der Waals surface area contributed by atoms with Crippen LogP contribution >= 0.6 is 0 Å². The van der Waals surface area contributed by atoms with Crippen molar-refractivity contribution in [2.75, 3.05) is 0 Å². The first-order chi connectivity index (χ1) is 12.8. The van der Waals surface area contributed by atoms with Crippen LogP contribution in [0.1, 0.15) is 70.3 Å². The summed E-state index contributed by atoms with van der Waals surface area (Å²) in [6.45, 7) is 2.16. The van der Waals surface area contributed by atoms with E-state index in [4.69, 9.17) is 0 Å². The third kappa shape index (κ3) is 7.59. The van der Waals surface area contributed by atoms with Gasteiger partial charge in [0.15, 0.2) is 5.60 Å². The molecule has 152 valence electrons. The number of aromatic hydroxyl groups is 1. The molecular weight excluding hydrogens is 348 g/mol. The number of aliphatic carboxylic acids is 2. The molecular formula is C21H32O6. The molecule has 1 aromatic rings. The summed E-state index contributed by atoms with van der Waals surface area (Å²) in [5.74, 6) is -4.21. The van der Waals surface area contributed by atoms with Gasteiger partial charge in [0.05, 0.1) is 5.92 Å². The molecule has 0 saturated heterocycles. The van der Waals surface area contributed by atoms with Gasteiger partial charge in [0, 0.05) is 6.42 Å². The summed E-state index contributed by atoms with van der Waals surface area (Å²) in [5, 5.41) is 39.1. The Morgan fingerprint density at radius 3 is 1.93 bits per heavy atom. The molecule has 0 amide bonds. The van der Waals surface area contributed by atoms with Crippen LogP contribution in [-0.4, -0.2) is 38.0 Å². The highest BCUT2D eigenvalue weighted by Gasteiger charge is 2.47. The van der Waals surface area contributed by atoms with E-state index in [1.54, 1.807) is 0 Å². The fourth-order valence-corrected chi connectivity index (χ4v) is 3.32. The van der Waals surface area contributed by atoms with Crippen molar-refractivity contribution in [3.05, 3.63) is 29.8 Å². The summed E-state index contributed by atoms with van der Waals surface area (Å²) in [5.41, 5.74) is -1.93. The van der Waals surface area contributed by atoms with Crippen LogP contribution < -0.4 is 0 Å². The molecule has 0 aliphatic heterocycles. The highest BCUT2D eigenvalue weighted by atomic mass is 16.4. The maximum absolute atomic E-state index is 11.7. The minimum Gasteiger partial charge on any atom is -0.508 e. The second-order valence-electron chi connectivity index (χ2n) is 7.23. The summed E-state index contributed by atoms with van der Waals surface area (Å²) < 4.78 is 0. The van der Waals surface area contributed by atoms with Crippen LogP contribution in [0.3, 0.4) is 0 Å². The van der Waals surface area contributed by atoms with Crippen LogP contribution in [0.25, 0.3) is 0 Å². The number of carboxylic acid groups (broad SMARTS) is 2. The van der Waals surface area contributed by atoms with E-state index < -0.39 is 23.5 Å². The molecule has 0 saturated carbocycles. The van der Waals surface area contributed by atoms with Gasteiger partial charge in [-0.15, -0.1) is 0 Å². The molecule has 4 N–H and O–H groups in total. The van der Waals surface area contributed by atoms with Crippen molar-refractivity contribution in [3.63, 3.8) is 0 Å². The predicted molar refractivity (Wildman–Crippen MR) is 103 cm³/mol. The van der Waals surface area contributed by atoms with Gasteiger partial charge in [-0.05, 0) is 24.1 Å². The molecule has 0 spiro atoms. The Morgan fingerprint density at radius 2 is 1.44 bits per heavy atom. The number of carbonyl (C=O) groups is 2. The number of benzene rings is 1. The van der Waals surface area contributed by atoms with Crippen LogP contribution in [0.2, 0.25) is 0 Å². The lowest BCUT2D eigenvalue weighted by Gasteiger charge is -2.30. The van der Waals surface area contributed by atoms with Crippen molar-refractivity contribution in [2.24, 2.45) is 5.92 Å². The van der Waals surface area contributed by atoms with Gasteiger partial charge in [0.2, 0.25) is 0 Å². The van der Waals surface area contributed by atoms with Gasteiger partial charge in [0.25, 0.3) is 0 Å². The zero-order chi connectivity index (χ0) is 20.3. The Morgan fingerprint density at radius 1 is 0.926 bits per heavy atom. The van der Waals surface area contributed by atoms with E-state index in [0.717, 1.165) is 25.7 Å². The Kier molecular flexibility index (Phi) is 9.86. The van der Waals surface area contributed by atoms with E-state index in [-0.39, 0.29) is 18.6 Å². The Balaban J connectivity index is 2.65. The first-order valence-electron chi connectivity index (χ1n) is 9.77. The van der Waals surface area contributed by atoms with Gasteiger partial charge in [0.1, 0.15) is 5.75 Å². The number of hydrogen-bond donors (Lipinski definition) is 4. The zero-order valence-electron chi connectivity index (χ0n) is 16.1. The number of carboxylic acids is 2. The topological polar surface area (TPSA) is 115 Å². The van der Waals surface area contributed by atoms with Gasteiger partial charge >= 0.3 is 11.9 Å². The second kappa shape index (κ2) is 11.6. The number of hydrogen-bond acceptors (Lipinski definition) is 4. The molecule has 0 aliphatic carbocycles. The van der Waals surface area contributed by atoms with Gasteiger partial charge in [-0.3, -0.25) is 4.79 Å². The lowest BCUT2D eigenvalue weighted by Crippen LogP contribution is -2.51. The SMILES string of the molecule is CCCCCCCCCCC(C(=O)O)C(O)(Cc1ccc(O)cc1)C(=O)O. The highest BCUT2D eigenvalue weighted by Crippen LogP contribution is 2.29. The molecule has 0 fully saturated rings. The number of aliphatic hydroxyl groups is 1. The number of phenols is 1. The number of rotatable bonds is 14. The molecule has 6 heteroatoms. The molecule has 0 aliphatic rings. The van der Waals surface area contributed by atoms with E-state index in [1.165, 1.54) is 43.5 Å². The quantitative estimate of drug-likeness (QED) is 0.363. The largest absolute Gasteiger partial charge is 0.508 e. The fourth-order valence-electron chi connectivity index (χ4n) is 3.32. The summed E-state index contributed by atoms with van der Waals surface area (Å²) in [6, 6.07) is 5.73. The summed E-state index contributed by atoms with van der Waals surface area (Å²) in [6.07, 6.45) is 8.05. The Labute approximate surface area is 160 Å². The predicted octanol–water partition coefficient (Wildman–Crippen LogP) is 3.98. The van der Waals surface area contributed by atoms with E-state index in [2.05, 4.69) is 6.92 Å². The van der Waals surface area contributed by atoms with Gasteiger partial charge in [-0.25, -0.2) is 4.79 Å². The third-order valence-electron chi connectivity index (χ3n) is 5.00. The van der Waals surface area contributed by atoms with Crippen LogP contribution in [0, 0.1) is 5.92 Å². The van der Waals surface area contributed by atoms with Gasteiger partial charge < -0.3 is 20.4 Å². The molecule has 27 heavy (non-hydrogen) atoms. The normalized spacial score (nSPS) is 14.4. The molecule has 0 aromatic heterocycles. The maximum atomic E-state index is 11.7. The number of phenolic OH excluding ortho intramolecular Hbond substituents is 1. The molecule has 0 radical (unpaired) electrons. The maximum Gasteiger partial charge on any atom is 0.336 e. The first-order valence-corrected chi connectivity index (χ1v) is 9.77. The van der Waals surface area contributed by atoms with Crippen molar-refractivity contribution in [3.8, 4) is 5.75 Å². The second-order valence-corrected chi connectivity index (χ2v) is 7.23. The lowest BCUT2D eigenvalue weighted by molar-refractivity contribution is -0.174. The van der Waals surface area contributed by atoms with E-state index in [0.29, 0.717) is 12.0 Å². The van der Waals surface area contributed by atoms with Gasteiger partial charge in [-0.1, -0.05) is 70.4 Å². The van der Waals surface area contributed by atoms with Crippen molar-refractivity contribution < 1.29 is 30.0 Å². The summed E-state index contributed by atoms with van der Waals surface area (Å²) in [4.78, 5) is 23.4. The molecule has 1 aromatic carbocycles. The van der Waals surface area contributed by atoms with E-state index >= 15 is 0 Å². The van der Waals surface area contributed by atoms with E-state index in [9.17, 15) is 30.0 Å². The standard InChI is InChI=1S/C21H32O6/c1-2-3-4-5-6-7-8-9-10-18(19(23)24)21(27,20(25)26)15-16-11-13-17(22)14-12-16/h11-14,18,22,27H,2-10,15H2,1H3,(H,23,24)(H,25,26). The van der Waals surface area contributed by atoms with Crippen LogP contribution in [0.4, 0.5) is 0 Å². The summed E-state index contributed by atoms with van der Waals surface area (Å²) >= 11 is 0. The smallest absolute Gasteiger partial charge is 0.336 e. The fraction of sp³-hybridized carbons (Fsp3) is 0.619. The van der Waals surface area contributed by atoms with Crippen LogP contribution in [-0.2, 0) is 16.0 Å². The summed E-state index contributed by atoms with van der Waals surface area (Å²) in [7, 11) is 0. The molecule has 0 bridgehead atoms. The average molecular weight is 380 g/mol. The van der Waals surface area contributed by atoms with Crippen molar-refractivity contribution in [1.82, 2.24) is 0 Å². The van der Waals surface area contributed by atoms with Crippen LogP contribution in [0.5, 0.6) is 5.75 Å². The zero-order valence-corrected chi connectivity index (χ0v) is 16.1. The van der Waals surface area contributed by atoms with Crippen molar-refractivity contribution in [2.45, 2.75) is 76.7 Å². The first kappa shape index (κ1) is 23.0. The molecule has 1 rings (SSSR count). The Hall–Kier alpha value is -2.08. The van der Waals surface area contributed by atoms with Gasteiger partial charge in [-0.2, -0.15) is 0 Å². The third-order valence-corrected chi connectivity index (χ3v) is 5.00.